The van der Waals surface area contributed by atoms with Crippen LogP contribution in [-0.2, 0) is 27.1 Å². The standard InChI is InChI=1S/C21H25ClN2O4S/c1-28-20-7-3-2-5-17(20)13-23-21(25)18-6-4-12-24(14-18)29(26,27)15-16-8-10-19(22)11-9-16/h2-3,5,7-11,18H,4,6,12-15H2,1H3,(H,23,25)/t18-/m0/s1. The predicted molar refractivity (Wildman–Crippen MR) is 113 cm³/mol. The van der Waals surface area contributed by atoms with Crippen LogP contribution in [0.2, 0.25) is 5.02 Å². The molecule has 1 aliphatic heterocycles. The number of nitrogens with one attached hydrogen (secondary N) is 1. The first-order valence-electron chi connectivity index (χ1n) is 9.51. The van der Waals surface area contributed by atoms with Crippen molar-refractivity contribution in [3.05, 3.63) is 64.7 Å². The maximum Gasteiger partial charge on any atom is 0.224 e. The van der Waals surface area contributed by atoms with E-state index in [4.69, 9.17) is 16.3 Å². The minimum Gasteiger partial charge on any atom is -0.496 e. The van der Waals surface area contributed by atoms with E-state index in [0.29, 0.717) is 42.3 Å². The highest BCUT2D eigenvalue weighted by Crippen LogP contribution is 2.23. The highest BCUT2D eigenvalue weighted by molar-refractivity contribution is 7.88. The minimum absolute atomic E-state index is 0.0975. The minimum atomic E-state index is -3.50. The Kier molecular flexibility index (Phi) is 7.16. The van der Waals surface area contributed by atoms with Crippen molar-refractivity contribution in [2.24, 2.45) is 5.92 Å². The lowest BCUT2D eigenvalue weighted by Crippen LogP contribution is -2.45. The van der Waals surface area contributed by atoms with Crippen molar-refractivity contribution in [2.45, 2.75) is 25.1 Å². The molecule has 2 aromatic carbocycles. The normalized spacial score (nSPS) is 17.7. The number of hydrogen-bond acceptors (Lipinski definition) is 4. The van der Waals surface area contributed by atoms with Crippen molar-refractivity contribution < 1.29 is 17.9 Å². The number of carbonyl (C=O) groups is 1. The number of benzene rings is 2. The first-order valence-corrected chi connectivity index (χ1v) is 11.5. The number of rotatable bonds is 7. The largest absolute Gasteiger partial charge is 0.496 e. The number of ether oxygens (including phenoxy) is 1. The number of nitrogens with zero attached hydrogens (tertiary/aromatic N) is 1. The Bertz CT molecular complexity index is 947. The Morgan fingerprint density at radius 3 is 2.66 bits per heavy atom. The number of para-hydroxylation sites is 1. The zero-order chi connectivity index (χ0) is 20.9. The number of sulfonamides is 1. The molecule has 6 nitrogen and oxygen atoms in total. The molecule has 0 bridgehead atoms. The molecule has 0 unspecified atom stereocenters. The smallest absolute Gasteiger partial charge is 0.224 e. The molecule has 0 aliphatic carbocycles. The fraction of sp³-hybridized carbons (Fsp3) is 0.381. The lowest BCUT2D eigenvalue weighted by molar-refractivity contribution is -0.126. The Morgan fingerprint density at radius 2 is 1.93 bits per heavy atom. The van der Waals surface area contributed by atoms with Crippen molar-refractivity contribution >= 4 is 27.5 Å². The Labute approximate surface area is 176 Å². The van der Waals surface area contributed by atoms with Gasteiger partial charge in [0.25, 0.3) is 0 Å². The first kappa shape index (κ1) is 21.6. The molecule has 0 aromatic heterocycles. The van der Waals surface area contributed by atoms with Gasteiger partial charge in [-0.1, -0.05) is 41.9 Å². The van der Waals surface area contributed by atoms with E-state index in [-0.39, 0.29) is 24.1 Å². The van der Waals surface area contributed by atoms with Gasteiger partial charge in [0.1, 0.15) is 5.75 Å². The third-order valence-corrected chi connectivity index (χ3v) is 7.12. The maximum absolute atomic E-state index is 12.8. The lowest BCUT2D eigenvalue weighted by Gasteiger charge is -2.31. The van der Waals surface area contributed by atoms with E-state index < -0.39 is 10.0 Å². The van der Waals surface area contributed by atoms with Gasteiger partial charge < -0.3 is 10.1 Å². The summed E-state index contributed by atoms with van der Waals surface area (Å²) in [5.41, 5.74) is 1.56. The molecular formula is C21H25ClN2O4S. The predicted octanol–water partition coefficient (Wildman–Crippen LogP) is 3.21. The molecule has 1 amide bonds. The van der Waals surface area contributed by atoms with Crippen LogP contribution in [-0.4, -0.2) is 38.8 Å². The number of hydrogen-bond donors (Lipinski definition) is 1. The van der Waals surface area contributed by atoms with Crippen molar-refractivity contribution in [1.29, 1.82) is 0 Å². The zero-order valence-electron chi connectivity index (χ0n) is 16.3. The summed E-state index contributed by atoms with van der Waals surface area (Å²) in [7, 11) is -1.91. The van der Waals surface area contributed by atoms with Crippen molar-refractivity contribution in [2.75, 3.05) is 20.2 Å². The third-order valence-electron chi connectivity index (χ3n) is 5.06. The Hall–Kier alpha value is -2.09. The van der Waals surface area contributed by atoms with Gasteiger partial charge in [0.2, 0.25) is 15.9 Å². The quantitative estimate of drug-likeness (QED) is 0.723. The molecule has 8 heteroatoms. The van der Waals surface area contributed by atoms with Crippen LogP contribution in [0.3, 0.4) is 0 Å². The van der Waals surface area contributed by atoms with Crippen LogP contribution in [0.5, 0.6) is 5.75 Å². The molecule has 0 saturated carbocycles. The molecule has 0 spiro atoms. The van der Waals surface area contributed by atoms with Gasteiger partial charge in [-0.2, -0.15) is 0 Å². The summed E-state index contributed by atoms with van der Waals surface area (Å²) >= 11 is 5.87. The van der Waals surface area contributed by atoms with Crippen LogP contribution < -0.4 is 10.1 Å². The van der Waals surface area contributed by atoms with Crippen LogP contribution in [0.15, 0.2) is 48.5 Å². The summed E-state index contributed by atoms with van der Waals surface area (Å²) in [5.74, 6) is 0.115. The van der Waals surface area contributed by atoms with Crippen LogP contribution in [0.25, 0.3) is 0 Å². The van der Waals surface area contributed by atoms with Crippen LogP contribution >= 0.6 is 11.6 Å². The summed E-state index contributed by atoms with van der Waals surface area (Å²) in [4.78, 5) is 12.7. The first-order chi connectivity index (χ1) is 13.9. The number of piperidine rings is 1. The highest BCUT2D eigenvalue weighted by Gasteiger charge is 2.32. The summed E-state index contributed by atoms with van der Waals surface area (Å²) in [6.07, 6.45) is 1.33. The molecule has 29 heavy (non-hydrogen) atoms. The monoisotopic (exact) mass is 436 g/mol. The van der Waals surface area contributed by atoms with E-state index in [0.717, 1.165) is 5.56 Å². The van der Waals surface area contributed by atoms with Gasteiger partial charge in [-0.05, 0) is 36.6 Å². The van der Waals surface area contributed by atoms with E-state index >= 15 is 0 Å². The molecule has 1 aliphatic rings. The molecule has 1 atom stereocenters. The van der Waals surface area contributed by atoms with E-state index in [1.165, 1.54) is 4.31 Å². The van der Waals surface area contributed by atoms with Crippen LogP contribution in [0.1, 0.15) is 24.0 Å². The van der Waals surface area contributed by atoms with Gasteiger partial charge in [-0.3, -0.25) is 4.79 Å². The Balaban J connectivity index is 1.60. The second-order valence-corrected chi connectivity index (χ2v) is 9.51. The highest BCUT2D eigenvalue weighted by atomic mass is 35.5. The van der Waals surface area contributed by atoms with Crippen molar-refractivity contribution in [3.63, 3.8) is 0 Å². The average Bonchev–Trinajstić information content (AvgIpc) is 2.74. The second-order valence-electron chi connectivity index (χ2n) is 7.11. The fourth-order valence-corrected chi connectivity index (χ4v) is 5.20. The van der Waals surface area contributed by atoms with Crippen molar-refractivity contribution in [1.82, 2.24) is 9.62 Å². The van der Waals surface area contributed by atoms with E-state index in [9.17, 15) is 13.2 Å². The summed E-state index contributed by atoms with van der Waals surface area (Å²) in [5, 5.41) is 3.48. The summed E-state index contributed by atoms with van der Waals surface area (Å²) in [6, 6.07) is 14.3. The second kappa shape index (κ2) is 9.61. The molecule has 0 radical (unpaired) electrons. The summed E-state index contributed by atoms with van der Waals surface area (Å²) in [6.45, 7) is 0.983. The molecule has 1 N–H and O–H groups in total. The Morgan fingerprint density at radius 1 is 1.21 bits per heavy atom. The maximum atomic E-state index is 12.8. The van der Waals surface area contributed by atoms with Gasteiger partial charge >= 0.3 is 0 Å². The van der Waals surface area contributed by atoms with Gasteiger partial charge in [0.15, 0.2) is 0 Å². The fourth-order valence-electron chi connectivity index (χ4n) is 3.47. The molecular weight excluding hydrogens is 412 g/mol. The zero-order valence-corrected chi connectivity index (χ0v) is 17.9. The molecule has 1 heterocycles. The average molecular weight is 437 g/mol. The molecule has 3 rings (SSSR count). The molecule has 2 aromatic rings. The number of methoxy groups -OCH3 is 1. The van der Waals surface area contributed by atoms with Gasteiger partial charge in [0, 0.05) is 30.2 Å². The lowest BCUT2D eigenvalue weighted by atomic mass is 9.98. The summed E-state index contributed by atoms with van der Waals surface area (Å²) < 4.78 is 32.4. The number of halogens is 1. The van der Waals surface area contributed by atoms with Crippen LogP contribution in [0.4, 0.5) is 0 Å². The van der Waals surface area contributed by atoms with Gasteiger partial charge in [-0.15, -0.1) is 0 Å². The van der Waals surface area contributed by atoms with Crippen LogP contribution in [0, 0.1) is 5.92 Å². The number of amides is 1. The molecule has 156 valence electrons. The molecule has 1 fully saturated rings. The van der Waals surface area contributed by atoms with E-state index in [2.05, 4.69) is 5.32 Å². The topological polar surface area (TPSA) is 75.7 Å². The molecule has 1 saturated heterocycles. The van der Waals surface area contributed by atoms with Crippen molar-refractivity contribution in [3.8, 4) is 5.75 Å². The third kappa shape index (κ3) is 5.72. The van der Waals surface area contributed by atoms with Gasteiger partial charge in [-0.25, -0.2) is 12.7 Å². The SMILES string of the molecule is COc1ccccc1CNC(=O)[C@H]1CCCN(S(=O)(=O)Cc2ccc(Cl)cc2)C1. The number of carbonyl (C=O) groups excluding carboxylic acids is 1. The van der Waals surface area contributed by atoms with E-state index in [1.807, 2.05) is 24.3 Å². The van der Waals surface area contributed by atoms with Gasteiger partial charge in [0.05, 0.1) is 18.8 Å². The van der Waals surface area contributed by atoms with E-state index in [1.54, 1.807) is 31.4 Å².